The van der Waals surface area contributed by atoms with E-state index in [1.807, 2.05) is 0 Å². The smallest absolute Gasteiger partial charge is 0.462 e. The maximum absolute atomic E-state index is 13.1. The second-order valence-corrected chi connectivity index (χ2v) is 27.8. The van der Waals surface area contributed by atoms with Crippen LogP contribution in [0.4, 0.5) is 0 Å². The molecule has 0 aliphatic carbocycles. The Morgan fingerprint density at radius 2 is 0.531 bits per heavy atom. The topological polar surface area (TPSA) is 237 Å². The highest BCUT2D eigenvalue weighted by atomic mass is 31.2. The van der Waals surface area contributed by atoms with Gasteiger partial charge in [0.2, 0.25) is 0 Å². The minimum Gasteiger partial charge on any atom is -0.462 e. The first-order valence-corrected chi connectivity index (χ1v) is 40.5. The number of hydrogen-bond acceptors (Lipinski definition) is 15. The van der Waals surface area contributed by atoms with Gasteiger partial charge >= 0.3 is 39.5 Å². The lowest BCUT2D eigenvalue weighted by atomic mass is 10.1. The Kier molecular flexibility index (Phi) is 66.6. The number of hydrogen-bond donors (Lipinski definition) is 3. The first-order chi connectivity index (χ1) is 46.7. The van der Waals surface area contributed by atoms with Crippen molar-refractivity contribution in [1.29, 1.82) is 0 Å². The van der Waals surface area contributed by atoms with E-state index in [9.17, 15) is 43.2 Å². The van der Waals surface area contributed by atoms with E-state index in [0.717, 1.165) is 193 Å². The van der Waals surface area contributed by atoms with Gasteiger partial charge in [0.1, 0.15) is 19.3 Å². The fourth-order valence-electron chi connectivity index (χ4n) is 9.71. The molecule has 19 heteroatoms. The molecule has 0 bridgehead atoms. The molecule has 0 heterocycles. The first-order valence-electron chi connectivity index (χ1n) is 37.5. The van der Waals surface area contributed by atoms with Crippen LogP contribution in [0.5, 0.6) is 0 Å². The maximum Gasteiger partial charge on any atom is 0.472 e. The molecule has 0 saturated carbocycles. The summed E-state index contributed by atoms with van der Waals surface area (Å²) in [6.07, 6.45) is 71.1. The van der Waals surface area contributed by atoms with E-state index in [1.54, 1.807) is 0 Å². The van der Waals surface area contributed by atoms with Gasteiger partial charge < -0.3 is 33.8 Å². The number of rotatable bonds is 70. The van der Waals surface area contributed by atoms with Crippen molar-refractivity contribution in [2.24, 2.45) is 0 Å². The van der Waals surface area contributed by atoms with Crippen LogP contribution in [0.1, 0.15) is 310 Å². The number of carbonyl (C=O) groups is 4. The van der Waals surface area contributed by atoms with Gasteiger partial charge in [0, 0.05) is 25.7 Å². The second-order valence-electron chi connectivity index (χ2n) is 24.9. The van der Waals surface area contributed by atoms with Crippen molar-refractivity contribution in [3.05, 3.63) is 97.2 Å². The molecule has 0 aliphatic heterocycles. The van der Waals surface area contributed by atoms with Gasteiger partial charge in [-0.1, -0.05) is 240 Å². The number of aliphatic hydroxyl groups is 1. The minimum atomic E-state index is -4.98. The first kappa shape index (κ1) is 92.0. The van der Waals surface area contributed by atoms with Crippen molar-refractivity contribution in [1.82, 2.24) is 0 Å². The summed E-state index contributed by atoms with van der Waals surface area (Å²) in [6.45, 7) is 4.63. The fraction of sp³-hybridized carbons (Fsp3) is 0.740. The molecule has 0 aromatic heterocycles. The summed E-state index contributed by atoms with van der Waals surface area (Å²) in [5, 5.41) is 10.6. The Morgan fingerprint density at radius 1 is 0.292 bits per heavy atom. The third-order valence-electron chi connectivity index (χ3n) is 15.5. The molecule has 4 unspecified atom stereocenters. The summed E-state index contributed by atoms with van der Waals surface area (Å²) in [5.41, 5.74) is 0. The highest BCUT2D eigenvalue weighted by molar-refractivity contribution is 7.47. The van der Waals surface area contributed by atoms with Crippen LogP contribution in [0, 0.1) is 0 Å². The number of allylic oxidation sites excluding steroid dienone is 16. The summed E-state index contributed by atoms with van der Waals surface area (Å²) < 4.78 is 68.4. The number of esters is 4. The number of phosphoric ester groups is 2. The van der Waals surface area contributed by atoms with Crippen LogP contribution in [-0.2, 0) is 65.4 Å². The highest BCUT2D eigenvalue weighted by Gasteiger charge is 2.30. The molecule has 0 aromatic rings. The molecule has 0 fully saturated rings. The lowest BCUT2D eigenvalue weighted by Crippen LogP contribution is -2.30. The van der Waals surface area contributed by atoms with Gasteiger partial charge in [-0.25, -0.2) is 9.13 Å². The van der Waals surface area contributed by atoms with Gasteiger partial charge in [-0.05, 0) is 141 Å². The Bertz CT molecular complexity index is 2050. The monoisotopic (exact) mass is 1390 g/mol. The van der Waals surface area contributed by atoms with Gasteiger partial charge in [0.25, 0.3) is 0 Å². The number of phosphoric acid groups is 2. The quantitative estimate of drug-likeness (QED) is 0.0169. The zero-order valence-corrected chi connectivity index (χ0v) is 62.1. The van der Waals surface area contributed by atoms with E-state index >= 15 is 0 Å². The van der Waals surface area contributed by atoms with Gasteiger partial charge in [-0.3, -0.25) is 37.3 Å². The molecule has 554 valence electrons. The predicted molar refractivity (Wildman–Crippen MR) is 390 cm³/mol. The third kappa shape index (κ3) is 68.5. The molecule has 0 rings (SSSR count). The van der Waals surface area contributed by atoms with Gasteiger partial charge in [0.05, 0.1) is 26.4 Å². The molecule has 0 aliphatic rings. The average molecular weight is 1390 g/mol. The molecule has 0 aromatic carbocycles. The Hall–Kier alpha value is -4.02. The SMILES string of the molecule is CCC/C=C\C/C=C\CCCCCCCC(=O)OC(COC(=O)CCCCCCC/C=C\C/C=C\CCCCC)COP(=O)(O)OCC(O)COP(=O)(O)OCC(COC(=O)CCCCCCC/C=C\C/C=C\CCCCC)OC(=O)CCCCCCC/C=C\C/C=C\CCC. The lowest BCUT2D eigenvalue weighted by Gasteiger charge is -2.21. The van der Waals surface area contributed by atoms with Crippen molar-refractivity contribution in [3.63, 3.8) is 0 Å². The second kappa shape index (κ2) is 69.5. The molecule has 17 nitrogen and oxygen atoms in total. The van der Waals surface area contributed by atoms with E-state index in [1.165, 1.54) is 38.5 Å². The van der Waals surface area contributed by atoms with Crippen LogP contribution in [-0.4, -0.2) is 96.7 Å². The molecular weight excluding hydrogens is 1260 g/mol. The lowest BCUT2D eigenvalue weighted by molar-refractivity contribution is -0.161. The zero-order chi connectivity index (χ0) is 70.4. The minimum absolute atomic E-state index is 0.0751. The van der Waals surface area contributed by atoms with Crippen molar-refractivity contribution in [3.8, 4) is 0 Å². The van der Waals surface area contributed by atoms with Crippen molar-refractivity contribution in [2.75, 3.05) is 39.6 Å². The molecule has 4 atom stereocenters. The standard InChI is InChI=1S/C77H134O17P2/c1-5-9-13-17-21-25-29-33-35-39-41-45-49-53-57-61-74(79)87-67-72(93-76(81)63-59-55-51-47-43-37-31-27-23-19-15-11-7-3)69-91-95(83,84)89-65-71(78)66-90-96(85,86)92-70-73(94-77(82)64-60-56-52-48-44-38-32-28-24-20-16-12-8-4)68-88-75(80)62-58-54-50-46-42-40-36-34-30-26-22-18-14-10-6-2/h15-16,19-22,25-28,31-36,71-73,78H,5-14,17-18,23-24,29-30,37-70H2,1-4H3,(H,83,84)(H,85,86)/b19-15-,20-16-,25-21-,26-22-,31-27-,32-28-,35-33-,36-34-. The van der Waals surface area contributed by atoms with Crippen LogP contribution in [0.2, 0.25) is 0 Å². The van der Waals surface area contributed by atoms with E-state index in [-0.39, 0.29) is 25.7 Å². The normalized spacial score (nSPS) is 14.5. The van der Waals surface area contributed by atoms with E-state index in [4.69, 9.17) is 37.0 Å². The summed E-state index contributed by atoms with van der Waals surface area (Å²) in [4.78, 5) is 72.8. The molecule has 0 saturated heterocycles. The Morgan fingerprint density at radius 3 is 0.812 bits per heavy atom. The zero-order valence-electron chi connectivity index (χ0n) is 60.3. The molecular formula is C77H134O17P2. The number of carbonyl (C=O) groups excluding carboxylic acids is 4. The molecule has 0 amide bonds. The Labute approximate surface area is 582 Å². The number of aliphatic hydroxyl groups excluding tert-OH is 1. The van der Waals surface area contributed by atoms with E-state index < -0.39 is 97.5 Å². The van der Waals surface area contributed by atoms with E-state index in [2.05, 4.69) is 125 Å². The van der Waals surface area contributed by atoms with E-state index in [0.29, 0.717) is 25.7 Å². The van der Waals surface area contributed by atoms with Gasteiger partial charge in [-0.15, -0.1) is 0 Å². The maximum atomic E-state index is 13.1. The number of unbranched alkanes of at least 4 members (excludes halogenated alkanes) is 28. The fourth-order valence-corrected chi connectivity index (χ4v) is 11.3. The molecule has 0 spiro atoms. The van der Waals surface area contributed by atoms with Crippen LogP contribution in [0.25, 0.3) is 0 Å². The van der Waals surface area contributed by atoms with Crippen LogP contribution in [0.3, 0.4) is 0 Å². The average Bonchev–Trinajstić information content (AvgIpc) is 1.15. The predicted octanol–water partition coefficient (Wildman–Crippen LogP) is 21.2. The largest absolute Gasteiger partial charge is 0.472 e. The summed E-state index contributed by atoms with van der Waals surface area (Å²) >= 11 is 0. The van der Waals surface area contributed by atoms with Gasteiger partial charge in [0.15, 0.2) is 12.2 Å². The summed E-state index contributed by atoms with van der Waals surface area (Å²) in [7, 11) is -9.96. The Balaban J connectivity index is 5.37. The van der Waals surface area contributed by atoms with Crippen LogP contribution >= 0.6 is 15.6 Å². The van der Waals surface area contributed by atoms with Crippen molar-refractivity contribution >= 4 is 39.5 Å². The summed E-state index contributed by atoms with van der Waals surface area (Å²) in [5.74, 6) is -2.23. The molecule has 96 heavy (non-hydrogen) atoms. The van der Waals surface area contributed by atoms with Gasteiger partial charge in [-0.2, -0.15) is 0 Å². The number of ether oxygens (including phenoxy) is 4. The molecule has 0 radical (unpaired) electrons. The summed E-state index contributed by atoms with van der Waals surface area (Å²) in [6, 6.07) is 0. The van der Waals surface area contributed by atoms with Crippen molar-refractivity contribution < 1.29 is 80.2 Å². The van der Waals surface area contributed by atoms with Crippen LogP contribution < -0.4 is 0 Å². The third-order valence-corrected chi connectivity index (χ3v) is 17.4. The van der Waals surface area contributed by atoms with Crippen molar-refractivity contribution in [2.45, 2.75) is 329 Å². The van der Waals surface area contributed by atoms with Crippen LogP contribution in [0.15, 0.2) is 97.2 Å². The highest BCUT2D eigenvalue weighted by Crippen LogP contribution is 2.45. The molecule has 3 N–H and O–H groups in total.